The van der Waals surface area contributed by atoms with Crippen molar-refractivity contribution < 1.29 is 28.2 Å². The van der Waals surface area contributed by atoms with Gasteiger partial charge in [0.25, 0.3) is 0 Å². The molecule has 0 fully saturated rings. The zero-order valence-corrected chi connectivity index (χ0v) is 21.9. The lowest BCUT2D eigenvalue weighted by Crippen LogP contribution is -2.53. The number of aliphatic hydroxyl groups is 2. The van der Waals surface area contributed by atoms with Crippen LogP contribution in [0.15, 0.2) is 59.5 Å². The molecule has 0 saturated carbocycles. The number of ether oxygens (including phenoxy) is 1. The van der Waals surface area contributed by atoms with Crippen LogP contribution in [0.3, 0.4) is 0 Å². The third-order valence-corrected chi connectivity index (χ3v) is 7.49. The van der Waals surface area contributed by atoms with Crippen LogP contribution in [0.2, 0.25) is 0 Å². The molecule has 0 aliphatic carbocycles. The molecule has 2 aromatic carbocycles. The van der Waals surface area contributed by atoms with Crippen molar-refractivity contribution in [1.29, 1.82) is 0 Å². The van der Waals surface area contributed by atoms with Crippen molar-refractivity contribution in [3.63, 3.8) is 0 Å². The van der Waals surface area contributed by atoms with E-state index in [0.29, 0.717) is 5.75 Å². The lowest BCUT2D eigenvalue weighted by Gasteiger charge is -2.31. The van der Waals surface area contributed by atoms with Gasteiger partial charge >= 0.3 is 0 Å². The van der Waals surface area contributed by atoms with E-state index >= 15 is 0 Å². The van der Waals surface area contributed by atoms with Crippen molar-refractivity contribution in [3.8, 4) is 5.75 Å². The van der Waals surface area contributed by atoms with Gasteiger partial charge in [0.1, 0.15) is 11.9 Å². The van der Waals surface area contributed by atoms with Crippen LogP contribution in [0.4, 0.5) is 0 Å². The molecule has 3 N–H and O–H groups in total. The number of benzene rings is 2. The predicted octanol–water partition coefficient (Wildman–Crippen LogP) is 2.45. The molecule has 0 spiro atoms. The van der Waals surface area contributed by atoms with Gasteiger partial charge in [0, 0.05) is 13.1 Å². The zero-order chi connectivity index (χ0) is 26.2. The standard InChI is InChI=1S/C26H38N2O6S/c1-18(2)16-28(35(32,33)22-13-11-21(34-5)12-14-22)17-24(29)23(15-20-9-7-6-8-10-20)27-26(31)25(30)19(3)4/h6-14,18-19,23-25,29-30H,15-17H2,1-5H3,(H,27,31)/t23-,24+,25+/m0/s1. The molecule has 0 aliphatic rings. The quantitative estimate of drug-likeness (QED) is 0.384. The number of carbonyl (C=O) groups excluding carboxylic acids is 1. The van der Waals surface area contributed by atoms with E-state index in [-0.39, 0.29) is 36.2 Å². The second-order valence-corrected chi connectivity index (χ2v) is 11.4. The van der Waals surface area contributed by atoms with E-state index in [0.717, 1.165) is 5.56 Å². The summed E-state index contributed by atoms with van der Waals surface area (Å²) in [7, 11) is -2.42. The van der Waals surface area contributed by atoms with Gasteiger partial charge in [-0.25, -0.2) is 8.42 Å². The Morgan fingerprint density at radius 3 is 2.09 bits per heavy atom. The van der Waals surface area contributed by atoms with E-state index < -0.39 is 34.2 Å². The SMILES string of the molecule is COc1ccc(S(=O)(=O)N(CC(C)C)C[C@@H](O)[C@H](Cc2ccccc2)NC(=O)[C@H](O)C(C)C)cc1. The second kappa shape index (κ2) is 13.0. The monoisotopic (exact) mass is 506 g/mol. The third-order valence-electron chi connectivity index (χ3n) is 5.65. The summed E-state index contributed by atoms with van der Waals surface area (Å²) in [5.74, 6) is -0.375. The molecular weight excluding hydrogens is 468 g/mol. The normalized spacial score (nSPS) is 14.7. The van der Waals surface area contributed by atoms with Crippen LogP contribution < -0.4 is 10.1 Å². The van der Waals surface area contributed by atoms with Gasteiger partial charge in [-0.05, 0) is 48.1 Å². The van der Waals surface area contributed by atoms with Gasteiger partial charge in [-0.2, -0.15) is 4.31 Å². The van der Waals surface area contributed by atoms with Crippen molar-refractivity contribution >= 4 is 15.9 Å². The highest BCUT2D eigenvalue weighted by Crippen LogP contribution is 2.22. The maximum absolute atomic E-state index is 13.5. The molecule has 8 nitrogen and oxygen atoms in total. The van der Waals surface area contributed by atoms with Crippen molar-refractivity contribution in [2.45, 2.75) is 57.3 Å². The van der Waals surface area contributed by atoms with Gasteiger partial charge in [0.15, 0.2) is 0 Å². The first-order valence-electron chi connectivity index (χ1n) is 11.8. The lowest BCUT2D eigenvalue weighted by atomic mass is 9.99. The number of sulfonamides is 1. The predicted molar refractivity (Wildman–Crippen MR) is 136 cm³/mol. The van der Waals surface area contributed by atoms with Crippen LogP contribution in [0.5, 0.6) is 5.75 Å². The molecule has 0 heterocycles. The maximum Gasteiger partial charge on any atom is 0.249 e. The van der Waals surface area contributed by atoms with Crippen LogP contribution in [0.1, 0.15) is 33.3 Å². The number of rotatable bonds is 13. The van der Waals surface area contributed by atoms with Gasteiger partial charge in [0.2, 0.25) is 15.9 Å². The molecule has 9 heteroatoms. The summed E-state index contributed by atoms with van der Waals surface area (Å²) in [5, 5.41) is 24.1. The molecule has 3 atom stereocenters. The number of nitrogens with one attached hydrogen (secondary N) is 1. The molecule has 0 aromatic heterocycles. The summed E-state index contributed by atoms with van der Waals surface area (Å²) in [4.78, 5) is 12.7. The molecule has 35 heavy (non-hydrogen) atoms. The highest BCUT2D eigenvalue weighted by molar-refractivity contribution is 7.89. The van der Waals surface area contributed by atoms with E-state index in [9.17, 15) is 23.4 Å². The molecule has 0 radical (unpaired) electrons. The Morgan fingerprint density at radius 2 is 1.57 bits per heavy atom. The minimum Gasteiger partial charge on any atom is -0.497 e. The van der Waals surface area contributed by atoms with Gasteiger partial charge in [0.05, 0.1) is 24.2 Å². The molecule has 194 valence electrons. The number of carbonyl (C=O) groups is 1. The van der Waals surface area contributed by atoms with Gasteiger partial charge in [-0.1, -0.05) is 58.0 Å². The van der Waals surface area contributed by atoms with Crippen molar-refractivity contribution in [2.24, 2.45) is 11.8 Å². The Morgan fingerprint density at radius 1 is 0.971 bits per heavy atom. The fraction of sp³-hybridized carbons (Fsp3) is 0.500. The molecule has 2 rings (SSSR count). The molecule has 1 amide bonds. The topological polar surface area (TPSA) is 116 Å². The molecule has 2 aromatic rings. The second-order valence-electron chi connectivity index (χ2n) is 9.45. The number of hydrogen-bond acceptors (Lipinski definition) is 6. The smallest absolute Gasteiger partial charge is 0.249 e. The van der Waals surface area contributed by atoms with E-state index in [4.69, 9.17) is 4.74 Å². The van der Waals surface area contributed by atoms with Crippen LogP contribution in [-0.4, -0.2) is 67.3 Å². The first-order chi connectivity index (χ1) is 16.4. The van der Waals surface area contributed by atoms with E-state index in [2.05, 4.69) is 5.32 Å². The van der Waals surface area contributed by atoms with Crippen LogP contribution in [0.25, 0.3) is 0 Å². The summed E-state index contributed by atoms with van der Waals surface area (Å²) in [6.45, 7) is 7.20. The highest BCUT2D eigenvalue weighted by atomic mass is 32.2. The average molecular weight is 507 g/mol. The van der Waals surface area contributed by atoms with E-state index in [1.807, 2.05) is 44.2 Å². The molecule has 0 bridgehead atoms. The molecule has 0 unspecified atom stereocenters. The van der Waals surface area contributed by atoms with Gasteiger partial charge in [-0.15, -0.1) is 0 Å². The fourth-order valence-corrected chi connectivity index (χ4v) is 5.25. The first-order valence-corrected chi connectivity index (χ1v) is 13.2. The van der Waals surface area contributed by atoms with E-state index in [1.54, 1.807) is 26.0 Å². The van der Waals surface area contributed by atoms with Gasteiger partial charge < -0.3 is 20.3 Å². The molecule has 0 aliphatic heterocycles. The Labute approximate surface area is 209 Å². The number of hydrogen-bond donors (Lipinski definition) is 3. The summed E-state index contributed by atoms with van der Waals surface area (Å²) in [6.07, 6.45) is -2.18. The average Bonchev–Trinajstić information content (AvgIpc) is 2.82. The van der Waals surface area contributed by atoms with Gasteiger partial charge in [-0.3, -0.25) is 4.79 Å². The largest absolute Gasteiger partial charge is 0.497 e. The Bertz CT molecular complexity index is 1030. The Hall–Kier alpha value is -2.46. The zero-order valence-electron chi connectivity index (χ0n) is 21.1. The molecule has 0 saturated heterocycles. The number of methoxy groups -OCH3 is 1. The number of nitrogens with zero attached hydrogens (tertiary/aromatic N) is 1. The van der Waals surface area contributed by atoms with E-state index in [1.165, 1.54) is 23.5 Å². The lowest BCUT2D eigenvalue weighted by molar-refractivity contribution is -0.133. The minimum absolute atomic E-state index is 0.000140. The van der Waals surface area contributed by atoms with Crippen molar-refractivity contribution in [2.75, 3.05) is 20.2 Å². The summed E-state index contributed by atoms with van der Waals surface area (Å²) in [5.41, 5.74) is 0.865. The van der Waals surface area contributed by atoms with Crippen LogP contribution in [0, 0.1) is 11.8 Å². The minimum atomic E-state index is -3.93. The summed E-state index contributed by atoms with van der Waals surface area (Å²) >= 11 is 0. The third kappa shape index (κ3) is 8.31. The van der Waals surface area contributed by atoms with Crippen molar-refractivity contribution in [3.05, 3.63) is 60.2 Å². The number of aliphatic hydroxyl groups excluding tert-OH is 2. The van der Waals surface area contributed by atoms with Crippen molar-refractivity contribution in [1.82, 2.24) is 9.62 Å². The Kier molecular flexibility index (Phi) is 10.7. The summed E-state index contributed by atoms with van der Waals surface area (Å²) in [6, 6.07) is 14.6. The number of amides is 1. The molecular formula is C26H38N2O6S. The van der Waals surface area contributed by atoms with Crippen LogP contribution >= 0.6 is 0 Å². The summed E-state index contributed by atoms with van der Waals surface area (Å²) < 4.78 is 33.3. The first kappa shape index (κ1) is 28.8. The fourth-order valence-electron chi connectivity index (χ4n) is 3.63. The maximum atomic E-state index is 13.5. The highest BCUT2D eigenvalue weighted by Gasteiger charge is 2.32. The Balaban J connectivity index is 2.33. The van der Waals surface area contributed by atoms with Crippen LogP contribution in [-0.2, 0) is 21.2 Å².